The molecule has 2 N–H and O–H groups in total. The summed E-state index contributed by atoms with van der Waals surface area (Å²) in [5.74, 6) is -5.00. The Morgan fingerprint density at radius 2 is 2.04 bits per heavy atom. The molecule has 0 aliphatic carbocycles. The average molecular weight is 326 g/mol. The Morgan fingerprint density at radius 3 is 2.61 bits per heavy atom. The Bertz CT molecular complexity index is 566. The molecule has 4 atom stereocenters. The van der Waals surface area contributed by atoms with E-state index in [1.807, 2.05) is 0 Å². The number of aliphatic hydroxyl groups is 1. The Kier molecular flexibility index (Phi) is 4.86. The second kappa shape index (κ2) is 6.51. The molecule has 0 aromatic carbocycles. The van der Waals surface area contributed by atoms with Gasteiger partial charge in [-0.05, 0) is 13.0 Å². The Hall–Kier alpha value is -2.19. The third kappa shape index (κ3) is 3.13. The lowest BCUT2D eigenvalue weighted by atomic mass is 9.75. The lowest BCUT2D eigenvalue weighted by molar-refractivity contribution is -0.163. The van der Waals surface area contributed by atoms with Gasteiger partial charge in [-0.3, -0.25) is 9.59 Å². The molecule has 2 bridgehead atoms. The maximum atomic E-state index is 12.2. The van der Waals surface area contributed by atoms with Crippen LogP contribution in [0.3, 0.4) is 0 Å². The van der Waals surface area contributed by atoms with Crippen molar-refractivity contribution in [2.75, 3.05) is 19.8 Å². The summed E-state index contributed by atoms with van der Waals surface area (Å²) < 4.78 is 15.5. The van der Waals surface area contributed by atoms with E-state index in [2.05, 4.69) is 6.58 Å². The van der Waals surface area contributed by atoms with Crippen molar-refractivity contribution in [3.63, 3.8) is 0 Å². The Balaban J connectivity index is 2.23. The topological polar surface area (TPSA) is 119 Å². The maximum Gasteiger partial charge on any atom is 0.333 e. The summed E-state index contributed by atoms with van der Waals surface area (Å²) in [6.45, 7) is 3.96. The third-order valence-electron chi connectivity index (χ3n) is 3.82. The van der Waals surface area contributed by atoms with E-state index in [1.54, 1.807) is 0 Å². The van der Waals surface area contributed by atoms with Crippen LogP contribution in [0, 0.1) is 11.8 Å². The quantitative estimate of drug-likeness (QED) is 0.371. The van der Waals surface area contributed by atoms with Crippen molar-refractivity contribution in [3.05, 3.63) is 24.3 Å². The number of ether oxygens (including phenoxy) is 3. The van der Waals surface area contributed by atoms with Crippen molar-refractivity contribution in [1.29, 1.82) is 0 Å². The fourth-order valence-corrected chi connectivity index (χ4v) is 2.79. The van der Waals surface area contributed by atoms with Gasteiger partial charge in [0.25, 0.3) is 0 Å². The molecule has 2 heterocycles. The molecular formula is C15H18O8. The van der Waals surface area contributed by atoms with Crippen LogP contribution in [0.1, 0.15) is 6.92 Å². The molecule has 126 valence electrons. The van der Waals surface area contributed by atoms with E-state index in [-0.39, 0.29) is 25.4 Å². The van der Waals surface area contributed by atoms with Crippen LogP contribution in [0.4, 0.5) is 0 Å². The van der Waals surface area contributed by atoms with Crippen molar-refractivity contribution in [2.45, 2.75) is 18.6 Å². The molecule has 2 aliphatic rings. The van der Waals surface area contributed by atoms with E-state index in [1.165, 1.54) is 19.1 Å². The van der Waals surface area contributed by atoms with E-state index < -0.39 is 41.4 Å². The van der Waals surface area contributed by atoms with Gasteiger partial charge in [-0.2, -0.15) is 0 Å². The molecule has 2 aliphatic heterocycles. The van der Waals surface area contributed by atoms with Crippen LogP contribution >= 0.6 is 0 Å². The summed E-state index contributed by atoms with van der Waals surface area (Å²) >= 11 is 0. The van der Waals surface area contributed by atoms with Crippen molar-refractivity contribution < 1.29 is 38.8 Å². The molecule has 2 rings (SSSR count). The van der Waals surface area contributed by atoms with Gasteiger partial charge in [0.15, 0.2) is 0 Å². The first kappa shape index (κ1) is 17.2. The molecule has 0 spiro atoms. The molecule has 23 heavy (non-hydrogen) atoms. The molecule has 8 heteroatoms. The normalized spacial score (nSPS) is 31.0. The van der Waals surface area contributed by atoms with Gasteiger partial charge in [-0.1, -0.05) is 12.7 Å². The van der Waals surface area contributed by atoms with Crippen LogP contribution < -0.4 is 0 Å². The number of aliphatic carboxylic acids is 1. The van der Waals surface area contributed by atoms with E-state index in [0.29, 0.717) is 0 Å². The second-order valence-electron chi connectivity index (χ2n) is 5.49. The van der Waals surface area contributed by atoms with E-state index in [4.69, 9.17) is 19.3 Å². The Labute approximate surface area is 132 Å². The fraction of sp³-hybridized carbons (Fsp3) is 0.533. The number of rotatable bonds is 7. The van der Waals surface area contributed by atoms with Crippen molar-refractivity contribution >= 4 is 17.9 Å². The first-order valence-electron chi connectivity index (χ1n) is 7.02. The highest BCUT2D eigenvalue weighted by atomic mass is 16.6. The van der Waals surface area contributed by atoms with Crippen LogP contribution in [-0.2, 0) is 28.6 Å². The lowest BCUT2D eigenvalue weighted by Crippen LogP contribution is -2.47. The van der Waals surface area contributed by atoms with Gasteiger partial charge in [0.05, 0.1) is 12.7 Å². The molecule has 0 saturated carbocycles. The minimum atomic E-state index is -1.38. The molecule has 0 amide bonds. The zero-order chi connectivity index (χ0) is 17.2. The van der Waals surface area contributed by atoms with Gasteiger partial charge < -0.3 is 24.4 Å². The molecule has 0 aromatic heterocycles. The molecule has 8 nitrogen and oxygen atoms in total. The third-order valence-corrected chi connectivity index (χ3v) is 3.82. The zero-order valence-corrected chi connectivity index (χ0v) is 12.6. The number of aliphatic hydroxyl groups excluding tert-OH is 1. The smallest absolute Gasteiger partial charge is 0.333 e. The predicted molar refractivity (Wildman–Crippen MR) is 75.2 cm³/mol. The summed E-state index contributed by atoms with van der Waals surface area (Å²) in [4.78, 5) is 35.3. The number of fused-ring (bicyclic) bond motifs is 2. The maximum absolute atomic E-state index is 12.2. The van der Waals surface area contributed by atoms with E-state index in [9.17, 15) is 19.5 Å². The largest absolute Gasteiger partial charge is 0.481 e. The number of esters is 2. The van der Waals surface area contributed by atoms with Crippen molar-refractivity contribution in [1.82, 2.24) is 0 Å². The summed E-state index contributed by atoms with van der Waals surface area (Å²) in [5.41, 5.74) is -1.21. The first-order valence-corrected chi connectivity index (χ1v) is 7.02. The standard InChI is InChI=1S/C15H18O8/c1-8(2)13(19)22-7-15-4-3-9(23-15)10(12(17)18)11(15)14(20)21-6-5-16/h3-4,9-11,16H,1,5-7H2,2H3,(H,17,18)/t9-,10?,11?,15-/m1/s1. The summed E-state index contributed by atoms with van der Waals surface area (Å²) in [6.07, 6.45) is 2.25. The minimum absolute atomic E-state index is 0.173. The molecule has 2 unspecified atom stereocenters. The van der Waals surface area contributed by atoms with E-state index in [0.717, 1.165) is 0 Å². The number of carbonyl (C=O) groups excluding carboxylic acids is 2. The highest BCUT2D eigenvalue weighted by Gasteiger charge is 2.63. The van der Waals surface area contributed by atoms with Crippen molar-refractivity contribution in [2.24, 2.45) is 11.8 Å². The lowest BCUT2D eigenvalue weighted by Gasteiger charge is -2.30. The monoisotopic (exact) mass is 326 g/mol. The van der Waals surface area contributed by atoms with Crippen molar-refractivity contribution in [3.8, 4) is 0 Å². The van der Waals surface area contributed by atoms with Gasteiger partial charge in [0, 0.05) is 5.57 Å². The highest BCUT2D eigenvalue weighted by Crippen LogP contribution is 2.48. The number of carboxylic acid groups (broad SMARTS) is 1. The SMILES string of the molecule is C=C(C)C(=O)OC[C@@]12C=C[C@@H](O1)C(C(=O)O)C2C(=O)OCCO. The fourth-order valence-electron chi connectivity index (χ4n) is 2.79. The number of carbonyl (C=O) groups is 3. The van der Waals surface area contributed by atoms with Gasteiger partial charge in [-0.25, -0.2) is 4.79 Å². The van der Waals surface area contributed by atoms with Crippen LogP contribution in [0.15, 0.2) is 24.3 Å². The molecule has 1 fully saturated rings. The number of hydrogen-bond acceptors (Lipinski definition) is 7. The molecular weight excluding hydrogens is 308 g/mol. The number of carboxylic acids is 1. The van der Waals surface area contributed by atoms with Crippen LogP contribution in [-0.4, -0.2) is 59.6 Å². The zero-order valence-electron chi connectivity index (χ0n) is 12.6. The second-order valence-corrected chi connectivity index (χ2v) is 5.49. The Morgan fingerprint density at radius 1 is 1.35 bits per heavy atom. The molecule has 0 radical (unpaired) electrons. The minimum Gasteiger partial charge on any atom is -0.481 e. The van der Waals surface area contributed by atoms with Gasteiger partial charge in [0.1, 0.15) is 30.7 Å². The predicted octanol–water partition coefficient (Wildman–Crippen LogP) is -0.334. The van der Waals surface area contributed by atoms with Crippen LogP contribution in [0.5, 0.6) is 0 Å². The number of hydrogen-bond donors (Lipinski definition) is 2. The van der Waals surface area contributed by atoms with Gasteiger partial charge in [-0.15, -0.1) is 0 Å². The van der Waals surface area contributed by atoms with Crippen LogP contribution in [0.2, 0.25) is 0 Å². The first-order chi connectivity index (χ1) is 10.8. The molecule has 1 saturated heterocycles. The summed E-state index contributed by atoms with van der Waals surface area (Å²) in [7, 11) is 0. The summed E-state index contributed by atoms with van der Waals surface area (Å²) in [5, 5.41) is 18.1. The average Bonchev–Trinajstić information content (AvgIpc) is 3.06. The summed E-state index contributed by atoms with van der Waals surface area (Å²) in [6, 6.07) is 0. The highest BCUT2D eigenvalue weighted by molar-refractivity contribution is 5.87. The van der Waals surface area contributed by atoms with Gasteiger partial charge >= 0.3 is 17.9 Å². The molecule has 0 aromatic rings. The van der Waals surface area contributed by atoms with E-state index >= 15 is 0 Å². The van der Waals surface area contributed by atoms with Gasteiger partial charge in [0.2, 0.25) is 0 Å². The van der Waals surface area contributed by atoms with Crippen LogP contribution in [0.25, 0.3) is 0 Å².